The molecule has 5 nitrogen and oxygen atoms in total. The molecule has 0 saturated heterocycles. The molecule has 88 valence electrons. The summed E-state index contributed by atoms with van der Waals surface area (Å²) in [5.41, 5.74) is 4.44. The molecule has 0 rings (SSSR count). The maximum absolute atomic E-state index is 11.2. The van der Waals surface area contributed by atoms with Crippen LogP contribution in [0.25, 0.3) is 0 Å². The standard InChI is InChI=1S/C10H20N2O3/c1-10(2,9(11)15)7-12-8(14)5-3-4-6-13/h13H,3-7H2,1-2H3,(H2,11,15)(H,12,14). The van der Waals surface area contributed by atoms with E-state index in [0.717, 1.165) is 0 Å². The van der Waals surface area contributed by atoms with E-state index in [0.29, 0.717) is 19.3 Å². The summed E-state index contributed by atoms with van der Waals surface area (Å²) in [6.45, 7) is 3.72. The van der Waals surface area contributed by atoms with Crippen molar-refractivity contribution in [3.05, 3.63) is 0 Å². The highest BCUT2D eigenvalue weighted by Crippen LogP contribution is 2.11. The van der Waals surface area contributed by atoms with Gasteiger partial charge in [0.2, 0.25) is 11.8 Å². The van der Waals surface area contributed by atoms with E-state index >= 15 is 0 Å². The molecule has 0 radical (unpaired) electrons. The Morgan fingerprint density at radius 2 is 1.93 bits per heavy atom. The zero-order valence-electron chi connectivity index (χ0n) is 9.38. The fourth-order valence-corrected chi connectivity index (χ4v) is 0.892. The molecule has 4 N–H and O–H groups in total. The normalized spacial score (nSPS) is 11.1. The number of nitrogens with two attached hydrogens (primary N) is 1. The third kappa shape index (κ3) is 6.06. The Morgan fingerprint density at radius 3 is 2.40 bits per heavy atom. The van der Waals surface area contributed by atoms with E-state index in [4.69, 9.17) is 10.8 Å². The van der Waals surface area contributed by atoms with Crippen LogP contribution in [0.4, 0.5) is 0 Å². The van der Waals surface area contributed by atoms with Gasteiger partial charge in [-0.15, -0.1) is 0 Å². The second-order valence-electron chi connectivity index (χ2n) is 4.21. The van der Waals surface area contributed by atoms with E-state index in [1.54, 1.807) is 13.8 Å². The fraction of sp³-hybridized carbons (Fsp3) is 0.800. The summed E-state index contributed by atoms with van der Waals surface area (Å²) in [5.74, 6) is -0.545. The molecule has 0 aliphatic heterocycles. The van der Waals surface area contributed by atoms with Crippen molar-refractivity contribution in [3.8, 4) is 0 Å². The lowest BCUT2D eigenvalue weighted by Crippen LogP contribution is -2.42. The Hall–Kier alpha value is -1.10. The zero-order valence-corrected chi connectivity index (χ0v) is 9.38. The van der Waals surface area contributed by atoms with Gasteiger partial charge in [-0.05, 0) is 26.7 Å². The molecule has 0 aromatic rings. The lowest BCUT2D eigenvalue weighted by atomic mass is 9.93. The van der Waals surface area contributed by atoms with Crippen LogP contribution in [0.15, 0.2) is 0 Å². The van der Waals surface area contributed by atoms with Crippen molar-refractivity contribution in [1.82, 2.24) is 5.32 Å². The molecule has 0 unspecified atom stereocenters. The first kappa shape index (κ1) is 13.9. The van der Waals surface area contributed by atoms with Crippen LogP contribution in [0.3, 0.4) is 0 Å². The van der Waals surface area contributed by atoms with Crippen LogP contribution in [-0.4, -0.2) is 30.1 Å². The summed E-state index contributed by atoms with van der Waals surface area (Å²) in [4.78, 5) is 22.2. The minimum atomic E-state index is -0.716. The van der Waals surface area contributed by atoms with E-state index in [9.17, 15) is 9.59 Å². The molecular formula is C10H20N2O3. The molecule has 0 spiro atoms. The molecule has 0 heterocycles. The van der Waals surface area contributed by atoms with Gasteiger partial charge in [-0.25, -0.2) is 0 Å². The van der Waals surface area contributed by atoms with Crippen molar-refractivity contribution in [2.75, 3.05) is 13.2 Å². The van der Waals surface area contributed by atoms with Crippen LogP contribution >= 0.6 is 0 Å². The average molecular weight is 216 g/mol. The molecular weight excluding hydrogens is 196 g/mol. The summed E-state index contributed by atoms with van der Waals surface area (Å²) >= 11 is 0. The maximum Gasteiger partial charge on any atom is 0.224 e. The van der Waals surface area contributed by atoms with Crippen molar-refractivity contribution < 1.29 is 14.7 Å². The summed E-state index contributed by atoms with van der Waals surface area (Å²) in [6, 6.07) is 0. The lowest BCUT2D eigenvalue weighted by molar-refractivity contribution is -0.127. The topological polar surface area (TPSA) is 92.4 Å². The zero-order chi connectivity index (χ0) is 11.9. The molecule has 0 bridgehead atoms. The molecule has 0 aliphatic rings. The summed E-state index contributed by atoms with van der Waals surface area (Å²) in [6.07, 6.45) is 1.64. The van der Waals surface area contributed by atoms with Gasteiger partial charge in [0.15, 0.2) is 0 Å². The number of hydrogen-bond acceptors (Lipinski definition) is 3. The van der Waals surface area contributed by atoms with Crippen LogP contribution in [0.5, 0.6) is 0 Å². The highest BCUT2D eigenvalue weighted by Gasteiger charge is 2.25. The number of amides is 2. The third-order valence-corrected chi connectivity index (χ3v) is 2.21. The predicted octanol–water partition coefficient (Wildman–Crippen LogP) is -0.223. The quantitative estimate of drug-likeness (QED) is 0.513. The van der Waals surface area contributed by atoms with Crippen LogP contribution in [0.1, 0.15) is 33.1 Å². The SMILES string of the molecule is CC(C)(CNC(=O)CCCCO)C(N)=O. The van der Waals surface area contributed by atoms with Crippen molar-refractivity contribution >= 4 is 11.8 Å². The molecule has 0 aromatic heterocycles. The van der Waals surface area contributed by atoms with E-state index in [-0.39, 0.29) is 19.1 Å². The van der Waals surface area contributed by atoms with Gasteiger partial charge in [0, 0.05) is 19.6 Å². The number of rotatable bonds is 7. The van der Waals surface area contributed by atoms with Gasteiger partial charge in [-0.2, -0.15) is 0 Å². The minimum absolute atomic E-state index is 0.0973. The highest BCUT2D eigenvalue weighted by atomic mass is 16.3. The van der Waals surface area contributed by atoms with Gasteiger partial charge < -0.3 is 16.2 Å². The van der Waals surface area contributed by atoms with E-state index in [2.05, 4.69) is 5.32 Å². The van der Waals surface area contributed by atoms with Gasteiger partial charge in [0.25, 0.3) is 0 Å². The second kappa shape index (κ2) is 6.40. The molecule has 5 heteroatoms. The number of primary amides is 1. The number of aliphatic hydroxyl groups is 1. The van der Waals surface area contributed by atoms with Crippen LogP contribution in [-0.2, 0) is 9.59 Å². The first-order chi connectivity index (χ1) is 6.90. The van der Waals surface area contributed by atoms with Crippen molar-refractivity contribution in [1.29, 1.82) is 0 Å². The molecule has 0 fully saturated rings. The van der Waals surface area contributed by atoms with Gasteiger partial charge in [0.05, 0.1) is 5.41 Å². The number of nitrogens with one attached hydrogen (secondary N) is 1. The van der Waals surface area contributed by atoms with Gasteiger partial charge in [-0.3, -0.25) is 9.59 Å². The molecule has 15 heavy (non-hydrogen) atoms. The van der Waals surface area contributed by atoms with E-state index in [1.807, 2.05) is 0 Å². The number of carbonyl (C=O) groups excluding carboxylic acids is 2. The molecule has 0 atom stereocenters. The summed E-state index contributed by atoms with van der Waals surface area (Å²) in [7, 11) is 0. The molecule has 0 aromatic carbocycles. The number of unbranched alkanes of at least 4 members (excludes halogenated alkanes) is 1. The van der Waals surface area contributed by atoms with Crippen LogP contribution in [0, 0.1) is 5.41 Å². The summed E-state index contributed by atoms with van der Waals surface area (Å²) < 4.78 is 0. The molecule has 0 saturated carbocycles. The molecule has 0 aliphatic carbocycles. The van der Waals surface area contributed by atoms with E-state index < -0.39 is 11.3 Å². The third-order valence-electron chi connectivity index (χ3n) is 2.21. The molecule has 2 amide bonds. The predicted molar refractivity (Wildman–Crippen MR) is 56.9 cm³/mol. The van der Waals surface area contributed by atoms with Crippen LogP contribution < -0.4 is 11.1 Å². The maximum atomic E-state index is 11.2. The highest BCUT2D eigenvalue weighted by molar-refractivity contribution is 5.82. The van der Waals surface area contributed by atoms with E-state index in [1.165, 1.54) is 0 Å². The minimum Gasteiger partial charge on any atom is -0.396 e. The Labute approximate surface area is 90.0 Å². The Kier molecular flexibility index (Phi) is 5.93. The number of hydrogen-bond donors (Lipinski definition) is 3. The Balaban J connectivity index is 3.75. The first-order valence-electron chi connectivity index (χ1n) is 5.07. The largest absolute Gasteiger partial charge is 0.396 e. The fourth-order valence-electron chi connectivity index (χ4n) is 0.892. The van der Waals surface area contributed by atoms with Crippen molar-refractivity contribution in [2.45, 2.75) is 33.1 Å². The Bertz CT molecular complexity index is 227. The second-order valence-corrected chi connectivity index (χ2v) is 4.21. The van der Waals surface area contributed by atoms with Gasteiger partial charge in [0.1, 0.15) is 0 Å². The van der Waals surface area contributed by atoms with Crippen LogP contribution in [0.2, 0.25) is 0 Å². The van der Waals surface area contributed by atoms with Crippen molar-refractivity contribution in [3.63, 3.8) is 0 Å². The monoisotopic (exact) mass is 216 g/mol. The smallest absolute Gasteiger partial charge is 0.224 e. The lowest BCUT2D eigenvalue weighted by Gasteiger charge is -2.20. The van der Waals surface area contributed by atoms with Crippen molar-refractivity contribution in [2.24, 2.45) is 11.1 Å². The number of carbonyl (C=O) groups is 2. The van der Waals surface area contributed by atoms with Gasteiger partial charge in [-0.1, -0.05) is 0 Å². The average Bonchev–Trinajstić information content (AvgIpc) is 2.15. The first-order valence-corrected chi connectivity index (χ1v) is 5.07. The summed E-state index contributed by atoms with van der Waals surface area (Å²) in [5, 5.41) is 11.2. The Morgan fingerprint density at radius 1 is 1.33 bits per heavy atom. The van der Waals surface area contributed by atoms with Gasteiger partial charge >= 0.3 is 0 Å². The number of aliphatic hydroxyl groups excluding tert-OH is 1.